The highest BCUT2D eigenvalue weighted by molar-refractivity contribution is 7.80. The summed E-state index contributed by atoms with van der Waals surface area (Å²) < 4.78 is 1.41. The first-order chi connectivity index (χ1) is 7.16. The van der Waals surface area contributed by atoms with E-state index in [9.17, 15) is 0 Å². The molecule has 8 heteroatoms. The summed E-state index contributed by atoms with van der Waals surface area (Å²) in [7, 11) is 0. The minimum atomic E-state index is 0.135. The molecule has 0 fully saturated rings. The van der Waals surface area contributed by atoms with Gasteiger partial charge in [0, 0.05) is 0 Å². The van der Waals surface area contributed by atoms with E-state index in [0.717, 1.165) is 0 Å². The fraction of sp³-hybridized carbons (Fsp3) is 0. The van der Waals surface area contributed by atoms with Crippen LogP contribution in [0.25, 0.3) is 5.82 Å². The smallest absolute Gasteiger partial charge is 0.208 e. The zero-order valence-electron chi connectivity index (χ0n) is 7.33. The second-order valence-corrected chi connectivity index (χ2v) is 3.42. The molecule has 0 aromatic carbocycles. The lowest BCUT2D eigenvalue weighted by Gasteiger charge is -1.96. The van der Waals surface area contributed by atoms with Crippen LogP contribution in [-0.4, -0.2) is 30.0 Å². The summed E-state index contributed by atoms with van der Waals surface area (Å²) in [5, 5.41) is 11.8. The van der Waals surface area contributed by atoms with Gasteiger partial charge in [0.05, 0.1) is 0 Å². The third-order valence-corrected chi connectivity index (χ3v) is 1.95. The molecule has 2 rings (SSSR count). The second-order valence-electron chi connectivity index (χ2n) is 2.59. The molecular weight excluding hydrogens is 236 g/mol. The van der Waals surface area contributed by atoms with E-state index in [4.69, 9.17) is 29.6 Å². The van der Waals surface area contributed by atoms with Crippen molar-refractivity contribution >= 4 is 28.8 Å². The molecular formula is C7H5ClN6S. The largest absolute Gasteiger partial charge is 0.387 e. The van der Waals surface area contributed by atoms with Crippen molar-refractivity contribution in [3.05, 3.63) is 29.4 Å². The standard InChI is InChI=1S/C7H5ClN6S/c8-4-1-2-5(12-11-4)14-3-10-7(13-14)6(9)15/h1-3H,(H2,9,15). The molecule has 15 heavy (non-hydrogen) atoms. The van der Waals surface area contributed by atoms with Crippen molar-refractivity contribution in [2.75, 3.05) is 0 Å². The van der Waals surface area contributed by atoms with Gasteiger partial charge in [-0.3, -0.25) is 0 Å². The molecule has 2 N–H and O–H groups in total. The number of hydrogen-bond donors (Lipinski definition) is 1. The molecule has 6 nitrogen and oxygen atoms in total. The van der Waals surface area contributed by atoms with Crippen LogP contribution in [0.1, 0.15) is 5.82 Å². The topological polar surface area (TPSA) is 82.5 Å². The molecule has 2 aromatic heterocycles. The van der Waals surface area contributed by atoms with Gasteiger partial charge in [0.2, 0.25) is 5.82 Å². The van der Waals surface area contributed by atoms with Crippen molar-refractivity contribution in [1.82, 2.24) is 25.0 Å². The molecule has 0 spiro atoms. The van der Waals surface area contributed by atoms with Crippen LogP contribution >= 0.6 is 23.8 Å². The lowest BCUT2D eigenvalue weighted by molar-refractivity contribution is 0.811. The zero-order valence-corrected chi connectivity index (χ0v) is 8.90. The Hall–Kier alpha value is -1.60. The average molecular weight is 241 g/mol. The van der Waals surface area contributed by atoms with Crippen molar-refractivity contribution in [2.45, 2.75) is 0 Å². The summed E-state index contributed by atoms with van der Waals surface area (Å²) in [6.07, 6.45) is 1.45. The molecule has 0 saturated carbocycles. The first kappa shape index (κ1) is 9.94. The van der Waals surface area contributed by atoms with E-state index in [0.29, 0.717) is 16.8 Å². The maximum Gasteiger partial charge on any atom is 0.208 e. The van der Waals surface area contributed by atoms with E-state index in [-0.39, 0.29) is 4.99 Å². The van der Waals surface area contributed by atoms with E-state index >= 15 is 0 Å². The van der Waals surface area contributed by atoms with Crippen LogP contribution < -0.4 is 5.73 Å². The minimum Gasteiger partial charge on any atom is -0.387 e. The van der Waals surface area contributed by atoms with Gasteiger partial charge in [0.15, 0.2) is 11.0 Å². The van der Waals surface area contributed by atoms with Gasteiger partial charge in [-0.15, -0.1) is 15.3 Å². The van der Waals surface area contributed by atoms with Crippen LogP contribution in [0.2, 0.25) is 5.15 Å². The van der Waals surface area contributed by atoms with E-state index in [1.165, 1.54) is 11.0 Å². The normalized spacial score (nSPS) is 10.2. The number of aromatic nitrogens is 5. The fourth-order valence-electron chi connectivity index (χ4n) is 0.917. The van der Waals surface area contributed by atoms with Crippen LogP contribution in [-0.2, 0) is 0 Å². The Bertz CT molecular complexity index is 492. The van der Waals surface area contributed by atoms with E-state index in [2.05, 4.69) is 20.3 Å². The van der Waals surface area contributed by atoms with Crippen LogP contribution in [0.3, 0.4) is 0 Å². The molecule has 0 radical (unpaired) electrons. The van der Waals surface area contributed by atoms with Gasteiger partial charge >= 0.3 is 0 Å². The molecule has 0 saturated heterocycles. The Balaban J connectivity index is 2.37. The van der Waals surface area contributed by atoms with E-state index in [1.54, 1.807) is 12.1 Å². The number of nitrogens with two attached hydrogens (primary N) is 1. The van der Waals surface area contributed by atoms with Gasteiger partial charge in [0.25, 0.3) is 0 Å². The Morgan fingerprint density at radius 3 is 2.73 bits per heavy atom. The Labute approximate surface area is 95.1 Å². The summed E-state index contributed by atoms with van der Waals surface area (Å²) in [5.74, 6) is 0.788. The molecule has 0 bridgehead atoms. The molecule has 0 aliphatic carbocycles. The molecule has 0 amide bonds. The average Bonchev–Trinajstić information content (AvgIpc) is 2.68. The van der Waals surface area contributed by atoms with Crippen LogP contribution in [0, 0.1) is 0 Å². The van der Waals surface area contributed by atoms with Crippen molar-refractivity contribution < 1.29 is 0 Å². The highest BCUT2D eigenvalue weighted by atomic mass is 35.5. The number of halogens is 1. The quantitative estimate of drug-likeness (QED) is 0.763. The molecule has 0 aliphatic heterocycles. The maximum absolute atomic E-state index is 5.60. The Morgan fingerprint density at radius 2 is 2.20 bits per heavy atom. The van der Waals surface area contributed by atoms with E-state index < -0.39 is 0 Å². The predicted octanol–water partition coefficient (Wildman–Crippen LogP) is 0.345. The van der Waals surface area contributed by atoms with Crippen molar-refractivity contribution in [3.63, 3.8) is 0 Å². The minimum absolute atomic E-state index is 0.135. The predicted molar refractivity (Wildman–Crippen MR) is 57.8 cm³/mol. The monoisotopic (exact) mass is 240 g/mol. The zero-order chi connectivity index (χ0) is 10.8. The fourth-order valence-corrected chi connectivity index (χ4v) is 1.11. The summed E-state index contributed by atoms with van der Waals surface area (Å²) in [4.78, 5) is 4.03. The summed E-state index contributed by atoms with van der Waals surface area (Å²) in [6.45, 7) is 0. The maximum atomic E-state index is 5.60. The van der Waals surface area contributed by atoms with Crippen LogP contribution in [0.15, 0.2) is 18.5 Å². The molecule has 2 aromatic rings. The SMILES string of the molecule is NC(=S)c1ncn(-c2ccc(Cl)nn2)n1. The summed E-state index contributed by atoms with van der Waals surface area (Å²) >= 11 is 10.3. The van der Waals surface area contributed by atoms with Crippen molar-refractivity contribution in [3.8, 4) is 5.82 Å². The first-order valence-electron chi connectivity index (χ1n) is 3.88. The molecule has 2 heterocycles. The van der Waals surface area contributed by atoms with Crippen molar-refractivity contribution in [2.24, 2.45) is 5.73 Å². The molecule has 76 valence electrons. The van der Waals surface area contributed by atoms with Gasteiger partial charge in [-0.25, -0.2) is 9.67 Å². The Kier molecular flexibility index (Phi) is 2.57. The van der Waals surface area contributed by atoms with Gasteiger partial charge < -0.3 is 5.73 Å². The van der Waals surface area contributed by atoms with Gasteiger partial charge in [0.1, 0.15) is 11.3 Å². The van der Waals surface area contributed by atoms with E-state index in [1.807, 2.05) is 0 Å². The molecule has 0 unspecified atom stereocenters. The highest BCUT2D eigenvalue weighted by Gasteiger charge is 2.05. The van der Waals surface area contributed by atoms with Gasteiger partial charge in [-0.2, -0.15) is 0 Å². The van der Waals surface area contributed by atoms with Crippen molar-refractivity contribution in [1.29, 1.82) is 0 Å². The summed E-state index contributed by atoms with van der Waals surface area (Å²) in [5.41, 5.74) is 5.37. The number of hydrogen-bond acceptors (Lipinski definition) is 5. The second kappa shape index (κ2) is 3.87. The highest BCUT2D eigenvalue weighted by Crippen LogP contribution is 2.05. The van der Waals surface area contributed by atoms with Crippen LogP contribution in [0.4, 0.5) is 0 Å². The lowest BCUT2D eigenvalue weighted by atomic mass is 10.5. The van der Waals surface area contributed by atoms with Gasteiger partial charge in [-0.05, 0) is 12.1 Å². The number of rotatable bonds is 2. The first-order valence-corrected chi connectivity index (χ1v) is 4.66. The molecule has 0 atom stereocenters. The third kappa shape index (κ3) is 2.08. The number of nitrogens with zero attached hydrogens (tertiary/aromatic N) is 5. The summed E-state index contributed by atoms with van der Waals surface area (Å²) in [6, 6.07) is 3.26. The number of thiocarbonyl (C=S) groups is 1. The Morgan fingerprint density at radius 1 is 1.40 bits per heavy atom. The third-order valence-electron chi connectivity index (χ3n) is 1.56. The van der Waals surface area contributed by atoms with Gasteiger partial charge in [-0.1, -0.05) is 23.8 Å². The lowest BCUT2D eigenvalue weighted by Crippen LogP contribution is -2.12. The molecule has 0 aliphatic rings. The van der Waals surface area contributed by atoms with Crippen LogP contribution in [0.5, 0.6) is 0 Å².